The predicted octanol–water partition coefficient (Wildman–Crippen LogP) is 2.23. The van der Waals surface area contributed by atoms with Crippen molar-refractivity contribution in [1.29, 1.82) is 0 Å². The molecule has 0 spiro atoms. The molecule has 11 heavy (non-hydrogen) atoms. The molecule has 0 aliphatic rings. The maximum Gasteiger partial charge on any atom is 0.118 e. The Morgan fingerprint density at radius 3 is 1.91 bits per heavy atom. The lowest BCUT2D eigenvalue weighted by atomic mass is 10.4. The van der Waals surface area contributed by atoms with Crippen LogP contribution in [0, 0.1) is 6.92 Å². The van der Waals surface area contributed by atoms with Crippen molar-refractivity contribution in [3.8, 4) is 0 Å². The summed E-state index contributed by atoms with van der Waals surface area (Å²) < 4.78 is 0. The van der Waals surface area contributed by atoms with Gasteiger partial charge in [0.2, 0.25) is 0 Å². The van der Waals surface area contributed by atoms with Gasteiger partial charge in [-0.05, 0) is 19.4 Å². The summed E-state index contributed by atoms with van der Waals surface area (Å²) in [6.07, 6.45) is 5.67. The van der Waals surface area contributed by atoms with Crippen molar-refractivity contribution in [2.75, 3.05) is 12.5 Å². The molecule has 0 saturated heterocycles. The Bertz CT molecular complexity index is 228. The van der Waals surface area contributed by atoms with E-state index in [4.69, 9.17) is 0 Å². The lowest BCUT2D eigenvalue weighted by molar-refractivity contribution is 0.919. The summed E-state index contributed by atoms with van der Waals surface area (Å²) in [5.41, 5.74) is 1.19. The largest absolute Gasteiger partial charge is 0.230 e. The average Bonchev–Trinajstić information content (AvgIpc) is 2.05. The highest BCUT2D eigenvalue weighted by molar-refractivity contribution is 7.99. The molecule has 0 unspecified atom stereocenters. The summed E-state index contributed by atoms with van der Waals surface area (Å²) in [5.74, 6) is 0. The molecule has 0 aromatic carbocycles. The summed E-state index contributed by atoms with van der Waals surface area (Å²) in [6, 6.07) is 0. The number of aromatic nitrogens is 2. The van der Waals surface area contributed by atoms with E-state index in [0.717, 1.165) is 10.1 Å². The van der Waals surface area contributed by atoms with Gasteiger partial charge in [0.25, 0.3) is 0 Å². The van der Waals surface area contributed by atoms with E-state index >= 15 is 0 Å². The number of thioether (sulfide) groups is 2. The second-order valence-corrected chi connectivity index (χ2v) is 3.61. The lowest BCUT2D eigenvalue weighted by Crippen LogP contribution is -1.90. The first kappa shape index (κ1) is 8.87. The highest BCUT2D eigenvalue weighted by Gasteiger charge is 2.03. The Balaban J connectivity index is 3.10. The van der Waals surface area contributed by atoms with Gasteiger partial charge in [-0.25, -0.2) is 9.97 Å². The molecule has 0 fully saturated rings. The first-order valence-electron chi connectivity index (χ1n) is 3.19. The van der Waals surface area contributed by atoms with Crippen molar-refractivity contribution in [3.05, 3.63) is 11.9 Å². The predicted molar refractivity (Wildman–Crippen MR) is 50.3 cm³/mol. The maximum absolute atomic E-state index is 4.14. The van der Waals surface area contributed by atoms with Gasteiger partial charge in [-0.15, -0.1) is 23.5 Å². The normalized spacial score (nSPS) is 10.1. The molecule has 0 N–H and O–H groups in total. The monoisotopic (exact) mass is 186 g/mol. The van der Waals surface area contributed by atoms with E-state index in [1.165, 1.54) is 5.56 Å². The van der Waals surface area contributed by atoms with Crippen LogP contribution in [0.25, 0.3) is 0 Å². The summed E-state index contributed by atoms with van der Waals surface area (Å²) in [7, 11) is 0. The minimum absolute atomic E-state index is 1.07. The van der Waals surface area contributed by atoms with Gasteiger partial charge in [-0.1, -0.05) is 0 Å². The molecule has 4 heteroatoms. The third-order valence-corrected chi connectivity index (χ3v) is 2.97. The van der Waals surface area contributed by atoms with Crippen LogP contribution in [0.4, 0.5) is 0 Å². The summed E-state index contributed by atoms with van der Waals surface area (Å²) >= 11 is 3.32. The zero-order valence-electron chi connectivity index (χ0n) is 6.79. The fourth-order valence-electron chi connectivity index (χ4n) is 0.830. The molecule has 0 radical (unpaired) electrons. The molecular weight excluding hydrogens is 176 g/mol. The minimum Gasteiger partial charge on any atom is -0.230 e. The van der Waals surface area contributed by atoms with Crippen LogP contribution in [0.5, 0.6) is 0 Å². The van der Waals surface area contributed by atoms with Crippen LogP contribution in [-0.2, 0) is 0 Å². The van der Waals surface area contributed by atoms with E-state index in [0.29, 0.717) is 0 Å². The molecule has 1 heterocycles. The Morgan fingerprint density at radius 2 is 1.55 bits per heavy atom. The van der Waals surface area contributed by atoms with Gasteiger partial charge in [0.1, 0.15) is 16.4 Å². The fourth-order valence-corrected chi connectivity index (χ4v) is 2.01. The van der Waals surface area contributed by atoms with Gasteiger partial charge in [0, 0.05) is 5.56 Å². The zero-order valence-corrected chi connectivity index (χ0v) is 8.42. The molecule has 1 aromatic heterocycles. The Hall–Kier alpha value is -0.220. The summed E-state index contributed by atoms with van der Waals surface area (Å²) in [4.78, 5) is 8.29. The molecule has 0 aliphatic carbocycles. The van der Waals surface area contributed by atoms with E-state index in [-0.39, 0.29) is 0 Å². The number of rotatable bonds is 2. The second kappa shape index (κ2) is 3.97. The van der Waals surface area contributed by atoms with Gasteiger partial charge in [-0.2, -0.15) is 0 Å². The van der Waals surface area contributed by atoms with Crippen molar-refractivity contribution in [2.24, 2.45) is 0 Å². The minimum atomic E-state index is 1.07. The number of hydrogen-bond donors (Lipinski definition) is 0. The highest BCUT2D eigenvalue weighted by Crippen LogP contribution is 2.23. The van der Waals surface area contributed by atoms with Crippen LogP contribution < -0.4 is 0 Å². The smallest absolute Gasteiger partial charge is 0.118 e. The lowest BCUT2D eigenvalue weighted by Gasteiger charge is -2.03. The molecule has 0 aliphatic heterocycles. The second-order valence-electron chi connectivity index (χ2n) is 2.02. The Kier molecular flexibility index (Phi) is 3.20. The van der Waals surface area contributed by atoms with Crippen LogP contribution in [0.1, 0.15) is 5.56 Å². The van der Waals surface area contributed by atoms with Crippen molar-refractivity contribution >= 4 is 23.5 Å². The van der Waals surface area contributed by atoms with E-state index in [1.807, 2.05) is 12.5 Å². The number of nitrogens with zero attached hydrogens (tertiary/aromatic N) is 2. The van der Waals surface area contributed by atoms with Gasteiger partial charge < -0.3 is 0 Å². The van der Waals surface area contributed by atoms with Crippen LogP contribution in [-0.4, -0.2) is 22.5 Å². The molecule has 1 rings (SSSR count). The van der Waals surface area contributed by atoms with Crippen molar-refractivity contribution in [2.45, 2.75) is 17.0 Å². The Morgan fingerprint density at radius 1 is 1.09 bits per heavy atom. The summed E-state index contributed by atoms with van der Waals surface area (Å²) in [6.45, 7) is 2.05. The molecule has 0 atom stereocenters. The van der Waals surface area contributed by atoms with Crippen LogP contribution >= 0.6 is 23.5 Å². The molecule has 0 amide bonds. The first-order valence-corrected chi connectivity index (χ1v) is 5.64. The third kappa shape index (κ3) is 1.87. The van der Waals surface area contributed by atoms with Crippen molar-refractivity contribution in [3.63, 3.8) is 0 Å². The fraction of sp³-hybridized carbons (Fsp3) is 0.429. The third-order valence-electron chi connectivity index (χ3n) is 1.38. The highest BCUT2D eigenvalue weighted by atomic mass is 32.2. The van der Waals surface area contributed by atoms with E-state index < -0.39 is 0 Å². The maximum atomic E-state index is 4.14. The molecule has 2 nitrogen and oxygen atoms in total. The Labute approximate surface area is 75.2 Å². The van der Waals surface area contributed by atoms with Gasteiger partial charge in [0.15, 0.2) is 0 Å². The molecule has 0 bridgehead atoms. The van der Waals surface area contributed by atoms with Crippen LogP contribution in [0.2, 0.25) is 0 Å². The first-order chi connectivity index (χ1) is 5.29. The molecule has 1 aromatic rings. The van der Waals surface area contributed by atoms with Crippen LogP contribution in [0.3, 0.4) is 0 Å². The number of hydrogen-bond acceptors (Lipinski definition) is 4. The van der Waals surface area contributed by atoms with Crippen molar-refractivity contribution in [1.82, 2.24) is 9.97 Å². The SMILES string of the molecule is CSc1ncnc(SC)c1C. The van der Waals surface area contributed by atoms with E-state index in [1.54, 1.807) is 29.9 Å². The zero-order chi connectivity index (χ0) is 8.27. The molecular formula is C7H10N2S2. The average molecular weight is 186 g/mol. The van der Waals surface area contributed by atoms with E-state index in [9.17, 15) is 0 Å². The standard InChI is InChI=1S/C7H10N2S2/c1-5-6(10-2)8-4-9-7(5)11-3/h4H,1-3H3. The quantitative estimate of drug-likeness (QED) is 0.522. The van der Waals surface area contributed by atoms with Crippen LogP contribution in [0.15, 0.2) is 16.4 Å². The van der Waals surface area contributed by atoms with Gasteiger partial charge in [-0.3, -0.25) is 0 Å². The van der Waals surface area contributed by atoms with Gasteiger partial charge >= 0.3 is 0 Å². The summed E-state index contributed by atoms with van der Waals surface area (Å²) in [5, 5.41) is 2.15. The molecule has 60 valence electrons. The topological polar surface area (TPSA) is 25.8 Å². The van der Waals surface area contributed by atoms with E-state index in [2.05, 4.69) is 16.9 Å². The van der Waals surface area contributed by atoms with Gasteiger partial charge in [0.05, 0.1) is 0 Å². The molecule has 0 saturated carbocycles. The van der Waals surface area contributed by atoms with Crippen molar-refractivity contribution < 1.29 is 0 Å².